The van der Waals surface area contributed by atoms with Gasteiger partial charge in [-0.15, -0.1) is 0 Å². The Bertz CT molecular complexity index is 207. The number of esters is 1. The Morgan fingerprint density at radius 2 is 2.70 bits per heavy atom. The lowest BCUT2D eigenvalue weighted by Crippen LogP contribution is -2.06. The highest BCUT2D eigenvalue weighted by molar-refractivity contribution is 5.84. The lowest BCUT2D eigenvalue weighted by molar-refractivity contribution is 0.0508. The monoisotopic (exact) mass is 141 g/mol. The Hall–Kier alpha value is -1.39. The molecule has 0 saturated carbocycles. The molecule has 0 N–H and O–H groups in total. The van der Waals surface area contributed by atoms with Gasteiger partial charge in [-0.1, -0.05) is 0 Å². The van der Waals surface area contributed by atoms with E-state index < -0.39 is 5.97 Å². The van der Waals surface area contributed by atoms with Gasteiger partial charge in [0.1, 0.15) is 0 Å². The predicted octanol–water partition coefficient (Wildman–Crippen LogP) is 0.0465. The highest BCUT2D eigenvalue weighted by Gasteiger charge is 2.10. The van der Waals surface area contributed by atoms with Crippen LogP contribution in [0.2, 0.25) is 0 Å². The zero-order chi connectivity index (χ0) is 7.40. The van der Waals surface area contributed by atoms with E-state index in [9.17, 15) is 4.79 Å². The van der Waals surface area contributed by atoms with Gasteiger partial charge in [0.15, 0.2) is 0 Å². The molecular formula is C5H5N2O3. The van der Waals surface area contributed by atoms with Crippen LogP contribution in [-0.2, 0) is 4.74 Å². The smallest absolute Gasteiger partial charge is 0.379 e. The summed E-state index contributed by atoms with van der Waals surface area (Å²) in [6.45, 7) is 2.00. The van der Waals surface area contributed by atoms with E-state index in [-0.39, 0.29) is 5.82 Å². The second-order valence-corrected chi connectivity index (χ2v) is 1.43. The van der Waals surface area contributed by atoms with E-state index in [1.807, 2.05) is 6.39 Å². The molecule has 0 bridgehead atoms. The Kier molecular flexibility index (Phi) is 1.99. The van der Waals surface area contributed by atoms with Gasteiger partial charge in [0.25, 0.3) is 5.82 Å². The minimum absolute atomic E-state index is 0.0955. The van der Waals surface area contributed by atoms with Gasteiger partial charge in [0.05, 0.1) is 6.61 Å². The minimum atomic E-state index is -0.590. The van der Waals surface area contributed by atoms with E-state index in [1.54, 1.807) is 6.92 Å². The van der Waals surface area contributed by atoms with Crippen LogP contribution in [0.3, 0.4) is 0 Å². The largest absolute Gasteiger partial charge is 0.460 e. The molecule has 0 aliphatic heterocycles. The van der Waals surface area contributed by atoms with Crippen molar-refractivity contribution >= 4 is 5.97 Å². The van der Waals surface area contributed by atoms with Crippen molar-refractivity contribution in [3.63, 3.8) is 0 Å². The van der Waals surface area contributed by atoms with E-state index in [0.717, 1.165) is 0 Å². The summed E-state index contributed by atoms with van der Waals surface area (Å²) in [5.74, 6) is -0.686. The summed E-state index contributed by atoms with van der Waals surface area (Å²) in [7, 11) is 0. The van der Waals surface area contributed by atoms with Gasteiger partial charge in [-0.3, -0.25) is 0 Å². The Morgan fingerprint density at radius 1 is 1.90 bits per heavy atom. The highest BCUT2D eigenvalue weighted by atomic mass is 16.5. The molecule has 0 amide bonds. The molecule has 0 spiro atoms. The molecular weight excluding hydrogens is 136 g/mol. The fourth-order valence-corrected chi connectivity index (χ4v) is 0.426. The van der Waals surface area contributed by atoms with E-state index in [0.29, 0.717) is 6.61 Å². The maximum Gasteiger partial charge on any atom is 0.379 e. The molecule has 0 unspecified atom stereocenters. The number of rotatable bonds is 2. The van der Waals surface area contributed by atoms with Crippen LogP contribution in [-0.4, -0.2) is 22.7 Å². The molecule has 53 valence electrons. The maximum absolute atomic E-state index is 10.7. The summed E-state index contributed by atoms with van der Waals surface area (Å²) < 4.78 is 8.74. The predicted molar refractivity (Wildman–Crippen MR) is 29.1 cm³/mol. The summed E-state index contributed by atoms with van der Waals surface area (Å²) >= 11 is 0. The molecule has 0 atom stereocenters. The van der Waals surface area contributed by atoms with Gasteiger partial charge in [-0.2, -0.15) is 4.98 Å². The van der Waals surface area contributed by atoms with Gasteiger partial charge < -0.3 is 9.26 Å². The molecule has 1 aromatic heterocycles. The van der Waals surface area contributed by atoms with Crippen molar-refractivity contribution in [1.29, 1.82) is 0 Å². The van der Waals surface area contributed by atoms with Crippen LogP contribution in [0.4, 0.5) is 0 Å². The molecule has 1 aromatic rings. The first kappa shape index (κ1) is 6.73. The van der Waals surface area contributed by atoms with Crippen LogP contribution in [0.5, 0.6) is 0 Å². The van der Waals surface area contributed by atoms with Crippen molar-refractivity contribution < 1.29 is 14.1 Å². The van der Waals surface area contributed by atoms with Gasteiger partial charge >= 0.3 is 12.4 Å². The lowest BCUT2D eigenvalue weighted by atomic mass is 10.6. The quantitative estimate of drug-likeness (QED) is 0.544. The number of ether oxygens (including phenoxy) is 1. The number of hydrogen-bond acceptors (Lipinski definition) is 5. The molecule has 5 nitrogen and oxygen atoms in total. The summed E-state index contributed by atoms with van der Waals surface area (Å²) in [6.07, 6.45) is 2.03. The fourth-order valence-electron chi connectivity index (χ4n) is 0.426. The zero-order valence-corrected chi connectivity index (χ0v) is 5.33. The van der Waals surface area contributed by atoms with Crippen LogP contribution in [0, 0.1) is 6.39 Å². The number of nitrogens with zero attached hydrogens (tertiary/aromatic N) is 2. The third-order valence-corrected chi connectivity index (χ3v) is 0.782. The molecule has 0 saturated heterocycles. The van der Waals surface area contributed by atoms with Crippen molar-refractivity contribution in [2.75, 3.05) is 6.61 Å². The number of aromatic nitrogens is 2. The van der Waals surface area contributed by atoms with Gasteiger partial charge in [0, 0.05) is 0 Å². The molecule has 0 fully saturated rings. The summed E-state index contributed by atoms with van der Waals surface area (Å²) in [5, 5.41) is 3.22. The molecule has 1 heterocycles. The fraction of sp³-hybridized carbons (Fsp3) is 0.400. The molecule has 5 heteroatoms. The first-order valence-corrected chi connectivity index (χ1v) is 2.71. The summed E-state index contributed by atoms with van der Waals surface area (Å²) in [6, 6.07) is 0. The van der Waals surface area contributed by atoms with Crippen molar-refractivity contribution in [2.24, 2.45) is 0 Å². The standard InChI is InChI=1S/C5H5N2O3/c1-2-9-5(8)4-6-3-10-7-4/h2H2,1H3. The molecule has 0 aliphatic carbocycles. The summed E-state index contributed by atoms with van der Waals surface area (Å²) in [4.78, 5) is 14.0. The Labute approximate surface area is 57.0 Å². The summed E-state index contributed by atoms with van der Waals surface area (Å²) in [5.41, 5.74) is 0. The number of hydrogen-bond donors (Lipinski definition) is 0. The van der Waals surface area contributed by atoms with Crippen LogP contribution >= 0.6 is 0 Å². The average Bonchev–Trinajstić information content (AvgIpc) is 2.38. The highest BCUT2D eigenvalue weighted by Crippen LogP contribution is 1.90. The van der Waals surface area contributed by atoms with Crippen LogP contribution in [0.15, 0.2) is 4.52 Å². The Balaban J connectivity index is 2.59. The lowest BCUT2D eigenvalue weighted by Gasteiger charge is -1.92. The molecule has 1 rings (SSSR count). The molecule has 10 heavy (non-hydrogen) atoms. The third kappa shape index (κ3) is 1.31. The molecule has 1 radical (unpaired) electrons. The van der Waals surface area contributed by atoms with Crippen LogP contribution in [0.25, 0.3) is 0 Å². The molecule has 0 aromatic carbocycles. The number of carbonyl (C=O) groups excluding carboxylic acids is 1. The van der Waals surface area contributed by atoms with Crippen molar-refractivity contribution in [1.82, 2.24) is 10.1 Å². The van der Waals surface area contributed by atoms with Crippen LogP contribution < -0.4 is 0 Å². The second kappa shape index (κ2) is 2.95. The van der Waals surface area contributed by atoms with Gasteiger partial charge in [-0.05, 0) is 12.1 Å². The Morgan fingerprint density at radius 3 is 3.20 bits per heavy atom. The number of carbonyl (C=O) groups is 1. The first-order chi connectivity index (χ1) is 4.84. The minimum Gasteiger partial charge on any atom is -0.460 e. The SMILES string of the molecule is CCOC(=O)c1n[c]on1. The maximum atomic E-state index is 10.7. The van der Waals surface area contributed by atoms with Gasteiger partial charge in [-0.25, -0.2) is 4.79 Å². The van der Waals surface area contributed by atoms with E-state index in [1.165, 1.54) is 0 Å². The zero-order valence-electron chi connectivity index (χ0n) is 5.33. The van der Waals surface area contributed by atoms with Crippen molar-refractivity contribution in [3.05, 3.63) is 12.2 Å². The first-order valence-electron chi connectivity index (χ1n) is 2.71. The van der Waals surface area contributed by atoms with E-state index in [2.05, 4.69) is 19.4 Å². The molecule has 0 aliphatic rings. The van der Waals surface area contributed by atoms with Crippen molar-refractivity contribution in [3.8, 4) is 0 Å². The normalized spacial score (nSPS) is 9.30. The third-order valence-electron chi connectivity index (χ3n) is 0.782. The van der Waals surface area contributed by atoms with Crippen molar-refractivity contribution in [2.45, 2.75) is 6.92 Å². The van der Waals surface area contributed by atoms with Gasteiger partial charge in [0.2, 0.25) is 0 Å². The topological polar surface area (TPSA) is 65.2 Å². The van der Waals surface area contributed by atoms with E-state index in [4.69, 9.17) is 0 Å². The average molecular weight is 141 g/mol. The second-order valence-electron chi connectivity index (χ2n) is 1.43. The van der Waals surface area contributed by atoms with E-state index >= 15 is 0 Å². The van der Waals surface area contributed by atoms with Crippen LogP contribution in [0.1, 0.15) is 17.5 Å².